The molecule has 0 fully saturated rings. The van der Waals surface area contributed by atoms with Gasteiger partial charge in [0.25, 0.3) is 0 Å². The molecule has 0 aromatic carbocycles. The van der Waals surface area contributed by atoms with Crippen molar-refractivity contribution in [1.29, 1.82) is 0 Å². The lowest BCUT2D eigenvalue weighted by Crippen LogP contribution is -2.09. The Bertz CT molecular complexity index is 377. The third-order valence-corrected chi connectivity index (χ3v) is 9.01. The van der Waals surface area contributed by atoms with Crippen molar-refractivity contribution in [2.45, 2.75) is 40.0 Å². The van der Waals surface area contributed by atoms with Crippen LogP contribution in [0.3, 0.4) is 0 Å². The summed E-state index contributed by atoms with van der Waals surface area (Å²) in [5.41, 5.74) is 0. The van der Waals surface area contributed by atoms with E-state index in [1.807, 2.05) is 0 Å². The molecule has 0 saturated carbocycles. The van der Waals surface area contributed by atoms with Crippen LogP contribution in [0.25, 0.3) is 0 Å². The van der Waals surface area contributed by atoms with Crippen molar-refractivity contribution in [1.82, 2.24) is 0 Å². The zero-order valence-electron chi connectivity index (χ0n) is 11.5. The lowest BCUT2D eigenvalue weighted by Gasteiger charge is -2.28. The molecule has 19 heavy (non-hydrogen) atoms. The van der Waals surface area contributed by atoms with Gasteiger partial charge in [-0.1, -0.05) is 20.8 Å². The quantitative estimate of drug-likeness (QED) is 0.610. The van der Waals surface area contributed by atoms with E-state index in [9.17, 15) is 23.5 Å². The van der Waals surface area contributed by atoms with Gasteiger partial charge in [-0.25, -0.2) is 4.31 Å². The summed E-state index contributed by atoms with van der Waals surface area (Å²) in [6, 6.07) is 0. The Hall–Kier alpha value is 0.530. The SMILES string of the molecule is CCCP(=O)([O-])OP(=O)(CCC)OP(=O)(O)CCC. The van der Waals surface area contributed by atoms with E-state index in [4.69, 9.17) is 0 Å². The highest BCUT2D eigenvalue weighted by Gasteiger charge is 2.36. The summed E-state index contributed by atoms with van der Waals surface area (Å²) >= 11 is 0. The van der Waals surface area contributed by atoms with Crippen LogP contribution in [0, 0.1) is 0 Å². The minimum atomic E-state index is -4.32. The van der Waals surface area contributed by atoms with Crippen molar-refractivity contribution in [2.24, 2.45) is 0 Å². The fraction of sp³-hybridized carbons (Fsp3) is 1.00. The third kappa shape index (κ3) is 8.41. The summed E-state index contributed by atoms with van der Waals surface area (Å²) in [4.78, 5) is 21.0. The molecule has 10 heteroatoms. The van der Waals surface area contributed by atoms with Gasteiger partial charge in [-0.05, 0) is 19.3 Å². The predicted molar refractivity (Wildman–Crippen MR) is 72.7 cm³/mol. The summed E-state index contributed by atoms with van der Waals surface area (Å²) in [5, 5.41) is 0. The van der Waals surface area contributed by atoms with Gasteiger partial charge in [0.15, 0.2) is 0 Å². The molecule has 0 aromatic rings. The molecular weight excluding hydrogens is 313 g/mol. The highest BCUT2D eigenvalue weighted by atomic mass is 31.3. The molecule has 0 radical (unpaired) electrons. The predicted octanol–water partition coefficient (Wildman–Crippen LogP) is 3.18. The first-order valence-corrected chi connectivity index (χ1v) is 11.4. The van der Waals surface area contributed by atoms with Crippen LogP contribution in [-0.2, 0) is 22.3 Å². The first-order valence-electron chi connectivity index (χ1n) is 6.23. The van der Waals surface area contributed by atoms with Crippen LogP contribution in [0.2, 0.25) is 0 Å². The van der Waals surface area contributed by atoms with Crippen LogP contribution in [0.4, 0.5) is 0 Å². The van der Waals surface area contributed by atoms with Crippen molar-refractivity contribution in [3.05, 3.63) is 0 Å². The molecule has 3 atom stereocenters. The van der Waals surface area contributed by atoms with Crippen molar-refractivity contribution in [2.75, 3.05) is 18.5 Å². The molecule has 0 bridgehead atoms. The van der Waals surface area contributed by atoms with Crippen LogP contribution in [0.15, 0.2) is 0 Å². The number of hydrogen-bond acceptors (Lipinski definition) is 6. The normalized spacial score (nSPS) is 21.3. The maximum atomic E-state index is 12.2. The van der Waals surface area contributed by atoms with E-state index >= 15 is 0 Å². The van der Waals surface area contributed by atoms with E-state index in [0.29, 0.717) is 19.3 Å². The smallest absolute Gasteiger partial charge is 0.342 e. The van der Waals surface area contributed by atoms with E-state index in [-0.39, 0.29) is 18.5 Å². The molecule has 116 valence electrons. The first-order chi connectivity index (χ1) is 8.60. The van der Waals surface area contributed by atoms with Crippen molar-refractivity contribution < 1.29 is 32.1 Å². The maximum Gasteiger partial charge on any atom is 0.342 e. The fourth-order valence-electron chi connectivity index (χ4n) is 1.39. The second-order valence-corrected chi connectivity index (χ2v) is 10.6. The van der Waals surface area contributed by atoms with Gasteiger partial charge in [0.2, 0.25) is 0 Å². The Morgan fingerprint density at radius 1 is 0.895 bits per heavy atom. The second kappa shape index (κ2) is 8.09. The zero-order valence-corrected chi connectivity index (χ0v) is 14.2. The molecule has 0 aliphatic heterocycles. The van der Waals surface area contributed by atoms with Crippen LogP contribution < -0.4 is 4.89 Å². The molecular formula is C9H22O7P3-. The van der Waals surface area contributed by atoms with Crippen molar-refractivity contribution >= 4 is 22.8 Å². The maximum absolute atomic E-state index is 12.2. The fourth-order valence-corrected chi connectivity index (χ4v) is 7.82. The molecule has 7 nitrogen and oxygen atoms in total. The molecule has 0 aromatic heterocycles. The van der Waals surface area contributed by atoms with Gasteiger partial charge < -0.3 is 14.4 Å². The minimum Gasteiger partial charge on any atom is -0.778 e. The largest absolute Gasteiger partial charge is 0.778 e. The Balaban J connectivity index is 5.01. The number of rotatable bonds is 10. The van der Waals surface area contributed by atoms with Gasteiger partial charge in [-0.2, -0.15) is 0 Å². The van der Waals surface area contributed by atoms with Gasteiger partial charge in [-0.15, -0.1) is 0 Å². The standard InChI is InChI=1S/C9H23O7P3/c1-4-7-17(10,11)15-19(14,9-6-3)16-18(12,13)8-5-2/h4-9H2,1-3H3,(H,10,11)(H,12,13)/p-1. The van der Waals surface area contributed by atoms with Crippen molar-refractivity contribution in [3.8, 4) is 0 Å². The first kappa shape index (κ1) is 19.5. The van der Waals surface area contributed by atoms with E-state index in [2.05, 4.69) is 8.62 Å². The molecule has 0 aliphatic rings. The molecule has 0 aliphatic carbocycles. The average Bonchev–Trinajstić information content (AvgIpc) is 2.13. The second-order valence-electron chi connectivity index (χ2n) is 4.19. The molecule has 0 rings (SSSR count). The summed E-state index contributed by atoms with van der Waals surface area (Å²) in [6.07, 6.45) is 0.282. The molecule has 0 heterocycles. The van der Waals surface area contributed by atoms with Crippen LogP contribution >= 0.6 is 22.8 Å². The summed E-state index contributed by atoms with van der Waals surface area (Å²) in [6.45, 7) is 4.94. The third-order valence-electron chi connectivity index (χ3n) is 2.00. The molecule has 0 saturated heterocycles. The van der Waals surface area contributed by atoms with E-state index in [0.717, 1.165) is 0 Å². The van der Waals surface area contributed by atoms with Gasteiger partial charge in [0.1, 0.15) is 7.60 Å². The van der Waals surface area contributed by atoms with Crippen LogP contribution in [0.1, 0.15) is 40.0 Å². The van der Waals surface area contributed by atoms with E-state index in [1.165, 1.54) is 0 Å². The lowest BCUT2D eigenvalue weighted by molar-refractivity contribution is -0.191. The van der Waals surface area contributed by atoms with Crippen molar-refractivity contribution in [3.63, 3.8) is 0 Å². The van der Waals surface area contributed by atoms with Crippen LogP contribution in [0.5, 0.6) is 0 Å². The topological polar surface area (TPSA) is 113 Å². The summed E-state index contributed by atoms with van der Waals surface area (Å²) in [7, 11) is -12.5. The lowest BCUT2D eigenvalue weighted by atomic mass is 10.6. The Kier molecular flexibility index (Phi) is 8.32. The van der Waals surface area contributed by atoms with Gasteiger partial charge in [0.05, 0.1) is 12.3 Å². The molecule has 3 unspecified atom stereocenters. The van der Waals surface area contributed by atoms with Gasteiger partial charge in [0, 0.05) is 6.16 Å². The minimum absolute atomic E-state index is 0.193. The Morgan fingerprint density at radius 3 is 1.79 bits per heavy atom. The molecule has 0 spiro atoms. The highest BCUT2D eigenvalue weighted by molar-refractivity contribution is 7.71. The Morgan fingerprint density at radius 2 is 1.37 bits per heavy atom. The van der Waals surface area contributed by atoms with Gasteiger partial charge >= 0.3 is 15.2 Å². The average molecular weight is 335 g/mol. The van der Waals surface area contributed by atoms with E-state index in [1.54, 1.807) is 20.8 Å². The number of hydrogen-bond donors (Lipinski definition) is 1. The monoisotopic (exact) mass is 335 g/mol. The van der Waals surface area contributed by atoms with Crippen LogP contribution in [-0.4, -0.2) is 23.4 Å². The summed E-state index contributed by atoms with van der Waals surface area (Å²) in [5.74, 6) is 0. The molecule has 1 N–H and O–H groups in total. The highest BCUT2D eigenvalue weighted by Crippen LogP contribution is 2.68. The Labute approximate surface area is 114 Å². The van der Waals surface area contributed by atoms with E-state index < -0.39 is 22.8 Å². The molecule has 0 amide bonds. The zero-order chi connectivity index (χ0) is 15.2. The van der Waals surface area contributed by atoms with Gasteiger partial charge in [-0.3, -0.25) is 13.4 Å². The summed E-state index contributed by atoms with van der Waals surface area (Å²) < 4.78 is 44.7.